The molecule has 2 aromatic rings. The van der Waals surface area contributed by atoms with E-state index in [1.807, 2.05) is 18.2 Å². The quantitative estimate of drug-likeness (QED) is 0.192. The van der Waals surface area contributed by atoms with Crippen molar-refractivity contribution in [3.63, 3.8) is 0 Å². The monoisotopic (exact) mass is 737 g/mol. The van der Waals surface area contributed by atoms with Crippen LogP contribution in [0.5, 0.6) is 0 Å². The molecule has 4 N–H and O–H groups in total. The lowest BCUT2D eigenvalue weighted by Crippen LogP contribution is -2.67. The second-order valence-electron chi connectivity index (χ2n) is 19.4. The van der Waals surface area contributed by atoms with E-state index in [0.717, 1.165) is 44.1 Å². The van der Waals surface area contributed by atoms with Crippen LogP contribution in [-0.4, -0.2) is 45.6 Å². The number of rotatable bonds is 9. The SMILES string of the molecule is C=C(C)[C@@H]1CC[C@]2(C(=O)NCCc3cccc(C(=O)NCc4cccnc4C(=O)O)c3)CC[C@]3(C)C(CCC4[C@@]5(C)CC[C@H](O)C(C)(C)C5CC[C@]43C)C12. The van der Waals surface area contributed by atoms with Gasteiger partial charge in [0.2, 0.25) is 5.91 Å². The number of benzene rings is 1. The number of carbonyl (C=O) groups is 3. The van der Waals surface area contributed by atoms with E-state index < -0.39 is 11.4 Å². The predicted molar refractivity (Wildman–Crippen MR) is 210 cm³/mol. The van der Waals surface area contributed by atoms with Crippen molar-refractivity contribution in [3.8, 4) is 0 Å². The van der Waals surface area contributed by atoms with Gasteiger partial charge in [-0.15, -0.1) is 0 Å². The number of allylic oxidation sites excluding steroid dienone is 1. The molecule has 54 heavy (non-hydrogen) atoms. The lowest BCUT2D eigenvalue weighted by Gasteiger charge is -2.72. The number of aromatic nitrogens is 1. The van der Waals surface area contributed by atoms with Crippen molar-refractivity contribution in [1.29, 1.82) is 0 Å². The molecule has 10 atom stereocenters. The summed E-state index contributed by atoms with van der Waals surface area (Å²) in [7, 11) is 0. The van der Waals surface area contributed by atoms with E-state index in [1.54, 1.807) is 18.2 Å². The standard InChI is InChI=1S/C46H63N3O5/c1-28(2)32-15-21-46(41(54)48-25-18-29-10-8-11-30(26-29)39(51)49-27-31-12-9-24-47-38(31)40(52)53)23-22-44(6)33(37(32)46)13-14-35-43(5)19-17-36(50)42(3,4)34(43)16-20-45(35,44)7/h8-12,24,26,32-37,50H,1,13-23,25,27H2,2-7H3,(H,48,54)(H,49,51)(H,52,53)/t32-,33?,34?,35?,36-,37?,43-,44+,45+,46-/m0/s1. The van der Waals surface area contributed by atoms with Gasteiger partial charge in [-0.25, -0.2) is 9.78 Å². The number of hydrogen-bond donors (Lipinski definition) is 4. The molecule has 0 saturated heterocycles. The normalized spacial score (nSPS) is 37.8. The van der Waals surface area contributed by atoms with E-state index in [4.69, 9.17) is 0 Å². The van der Waals surface area contributed by atoms with Gasteiger partial charge in [-0.05, 0) is 153 Å². The van der Waals surface area contributed by atoms with E-state index in [0.29, 0.717) is 47.8 Å². The second kappa shape index (κ2) is 13.9. The Labute approximate surface area is 322 Å². The Morgan fingerprint density at radius 1 is 0.870 bits per heavy atom. The zero-order chi connectivity index (χ0) is 38.8. The maximum absolute atomic E-state index is 14.6. The highest BCUT2D eigenvalue weighted by atomic mass is 16.4. The first kappa shape index (κ1) is 38.7. The first-order valence-corrected chi connectivity index (χ1v) is 20.7. The predicted octanol–water partition coefficient (Wildman–Crippen LogP) is 8.39. The molecule has 5 aliphatic carbocycles. The van der Waals surface area contributed by atoms with Crippen LogP contribution < -0.4 is 10.6 Å². The van der Waals surface area contributed by atoms with Crippen molar-refractivity contribution >= 4 is 17.8 Å². The molecule has 5 fully saturated rings. The Bertz CT molecular complexity index is 1820. The minimum absolute atomic E-state index is 0.0605. The fourth-order valence-electron chi connectivity index (χ4n) is 13.9. The van der Waals surface area contributed by atoms with Crippen molar-refractivity contribution in [2.45, 2.75) is 125 Å². The van der Waals surface area contributed by atoms with Crippen LogP contribution in [0.3, 0.4) is 0 Å². The molecule has 0 radical (unpaired) electrons. The summed E-state index contributed by atoms with van der Waals surface area (Å²) >= 11 is 0. The first-order valence-electron chi connectivity index (χ1n) is 20.7. The zero-order valence-electron chi connectivity index (χ0n) is 33.5. The zero-order valence-corrected chi connectivity index (χ0v) is 33.5. The van der Waals surface area contributed by atoms with Crippen LogP contribution in [0.4, 0.5) is 0 Å². The first-order chi connectivity index (χ1) is 25.5. The van der Waals surface area contributed by atoms with Crippen LogP contribution in [0.1, 0.15) is 138 Å². The third-order valence-electron chi connectivity index (χ3n) is 16.9. The highest BCUT2D eigenvalue weighted by Gasteiger charge is 2.71. The van der Waals surface area contributed by atoms with Gasteiger partial charge in [0.1, 0.15) is 0 Å². The fourth-order valence-corrected chi connectivity index (χ4v) is 13.9. The van der Waals surface area contributed by atoms with Crippen molar-refractivity contribution in [1.82, 2.24) is 15.6 Å². The van der Waals surface area contributed by atoms with E-state index in [-0.39, 0.29) is 57.7 Å². The Balaban J connectivity index is 1.05. The summed E-state index contributed by atoms with van der Waals surface area (Å²) in [5.74, 6) is 1.04. The molecule has 4 unspecified atom stereocenters. The highest BCUT2D eigenvalue weighted by Crippen LogP contribution is 2.77. The largest absolute Gasteiger partial charge is 0.477 e. The summed E-state index contributed by atoms with van der Waals surface area (Å²) in [6.45, 7) is 19.7. The molecule has 1 aromatic heterocycles. The van der Waals surface area contributed by atoms with Crippen molar-refractivity contribution in [2.24, 2.45) is 56.7 Å². The number of carboxylic acid groups (broad SMARTS) is 1. The molecule has 0 spiro atoms. The van der Waals surface area contributed by atoms with Gasteiger partial charge < -0.3 is 20.8 Å². The van der Waals surface area contributed by atoms with Crippen molar-refractivity contribution in [2.75, 3.05) is 6.54 Å². The van der Waals surface area contributed by atoms with Gasteiger partial charge in [0, 0.05) is 30.4 Å². The number of aromatic carboxylic acids is 1. The molecule has 7 rings (SSSR count). The summed E-state index contributed by atoms with van der Waals surface area (Å²) in [6.07, 6.45) is 12.5. The van der Waals surface area contributed by atoms with Gasteiger partial charge in [0.25, 0.3) is 5.91 Å². The molecular formula is C46H63N3O5. The van der Waals surface area contributed by atoms with E-state index in [2.05, 4.69) is 63.7 Å². The summed E-state index contributed by atoms with van der Waals surface area (Å²) < 4.78 is 0. The Morgan fingerprint density at radius 3 is 2.39 bits per heavy atom. The number of pyridine rings is 1. The average molecular weight is 738 g/mol. The minimum Gasteiger partial charge on any atom is -0.477 e. The van der Waals surface area contributed by atoms with Crippen LogP contribution in [-0.2, 0) is 17.8 Å². The van der Waals surface area contributed by atoms with Crippen LogP contribution >= 0.6 is 0 Å². The third kappa shape index (κ3) is 5.95. The molecule has 292 valence electrons. The van der Waals surface area contributed by atoms with Gasteiger partial charge in [-0.1, -0.05) is 65.0 Å². The summed E-state index contributed by atoms with van der Waals surface area (Å²) in [5.41, 5.74) is 3.15. The number of carbonyl (C=O) groups excluding carboxylic acids is 2. The molecule has 0 aliphatic heterocycles. The van der Waals surface area contributed by atoms with Gasteiger partial charge in [0.05, 0.1) is 11.5 Å². The number of aliphatic hydroxyl groups excluding tert-OH is 1. The van der Waals surface area contributed by atoms with Crippen LogP contribution in [0.15, 0.2) is 54.7 Å². The molecule has 8 heteroatoms. The number of carboxylic acids is 1. The fraction of sp³-hybridized carbons (Fsp3) is 0.652. The molecule has 2 amide bonds. The second-order valence-corrected chi connectivity index (χ2v) is 19.4. The molecule has 8 nitrogen and oxygen atoms in total. The summed E-state index contributed by atoms with van der Waals surface area (Å²) in [5, 5.41) is 26.8. The number of hydrogen-bond acceptors (Lipinski definition) is 5. The molecule has 5 aliphatic rings. The number of nitrogens with zero attached hydrogens (tertiary/aromatic N) is 1. The van der Waals surface area contributed by atoms with E-state index >= 15 is 0 Å². The van der Waals surface area contributed by atoms with Crippen molar-refractivity contribution in [3.05, 3.63) is 77.1 Å². The number of nitrogens with one attached hydrogen (secondary N) is 2. The minimum atomic E-state index is -1.13. The molecule has 1 aromatic carbocycles. The summed E-state index contributed by atoms with van der Waals surface area (Å²) in [6, 6.07) is 10.7. The lowest BCUT2D eigenvalue weighted by molar-refractivity contribution is -0.246. The van der Waals surface area contributed by atoms with E-state index in [9.17, 15) is 24.6 Å². The maximum atomic E-state index is 14.6. The Kier molecular flexibility index (Phi) is 9.97. The lowest BCUT2D eigenvalue weighted by atomic mass is 9.32. The molecule has 1 heterocycles. The van der Waals surface area contributed by atoms with Crippen LogP contribution in [0.2, 0.25) is 0 Å². The highest BCUT2D eigenvalue weighted by molar-refractivity contribution is 5.94. The maximum Gasteiger partial charge on any atom is 0.354 e. The number of aliphatic hydroxyl groups is 1. The van der Waals surface area contributed by atoms with E-state index in [1.165, 1.54) is 37.5 Å². The Morgan fingerprint density at radius 2 is 1.65 bits per heavy atom. The number of fused-ring (bicyclic) bond motifs is 7. The summed E-state index contributed by atoms with van der Waals surface area (Å²) in [4.78, 5) is 43.2. The van der Waals surface area contributed by atoms with Gasteiger partial charge in [-0.3, -0.25) is 9.59 Å². The van der Waals surface area contributed by atoms with Gasteiger partial charge in [0.15, 0.2) is 5.69 Å². The number of amides is 2. The molecule has 0 bridgehead atoms. The van der Waals surface area contributed by atoms with Gasteiger partial charge >= 0.3 is 5.97 Å². The smallest absolute Gasteiger partial charge is 0.354 e. The van der Waals surface area contributed by atoms with Gasteiger partial charge in [-0.2, -0.15) is 0 Å². The molecular weight excluding hydrogens is 675 g/mol. The topological polar surface area (TPSA) is 129 Å². The third-order valence-corrected chi connectivity index (χ3v) is 16.9. The van der Waals surface area contributed by atoms with Crippen LogP contribution in [0.25, 0.3) is 0 Å². The van der Waals surface area contributed by atoms with Crippen molar-refractivity contribution < 1.29 is 24.6 Å². The average Bonchev–Trinajstić information content (AvgIpc) is 3.54. The molecule has 5 saturated carbocycles. The Hall–Kier alpha value is -3.52. The van der Waals surface area contributed by atoms with Crippen LogP contribution in [0, 0.1) is 56.7 Å².